The van der Waals surface area contributed by atoms with E-state index in [1.54, 1.807) is 12.3 Å². The Balaban J connectivity index is 1.53. The Bertz CT molecular complexity index is 764. The fraction of sp³-hybridized carbons (Fsp3) is 0.263. The van der Waals surface area contributed by atoms with E-state index in [1.165, 1.54) is 12.1 Å². The van der Waals surface area contributed by atoms with Crippen LogP contribution >= 0.6 is 0 Å². The quantitative estimate of drug-likeness (QED) is 0.712. The van der Waals surface area contributed by atoms with Gasteiger partial charge in [0.2, 0.25) is 0 Å². The Morgan fingerprint density at radius 3 is 2.31 bits per heavy atom. The maximum atomic E-state index is 12.8. The molecule has 0 saturated carbocycles. The lowest BCUT2D eigenvalue weighted by Gasteiger charge is -2.35. The lowest BCUT2D eigenvalue weighted by molar-refractivity contribution is -0.137. The number of rotatable bonds is 4. The molecule has 1 aliphatic heterocycles. The number of alkyl halides is 3. The second kappa shape index (κ2) is 8.03. The summed E-state index contributed by atoms with van der Waals surface area (Å²) in [7, 11) is 0. The lowest BCUT2D eigenvalue weighted by Crippen LogP contribution is -2.44. The van der Waals surface area contributed by atoms with Crippen molar-refractivity contribution in [1.82, 2.24) is 4.90 Å². The van der Waals surface area contributed by atoms with Crippen LogP contribution in [-0.2, 0) is 6.18 Å². The normalized spacial score (nSPS) is 16.0. The van der Waals surface area contributed by atoms with Gasteiger partial charge in [0.25, 0.3) is 0 Å². The molecule has 1 aliphatic rings. The van der Waals surface area contributed by atoms with Crippen LogP contribution in [0.5, 0.6) is 0 Å². The maximum absolute atomic E-state index is 12.8. The first-order chi connectivity index (χ1) is 12.5. The second-order valence-electron chi connectivity index (χ2n) is 5.92. The Kier molecular flexibility index (Phi) is 5.55. The van der Waals surface area contributed by atoms with Crippen LogP contribution in [0.2, 0.25) is 0 Å². The van der Waals surface area contributed by atoms with E-state index in [9.17, 15) is 13.2 Å². The third-order valence-electron chi connectivity index (χ3n) is 4.13. The first-order valence-corrected chi connectivity index (χ1v) is 8.31. The molecule has 136 valence electrons. The molecule has 0 aromatic heterocycles. The molecular formula is C19H19F3N4. The lowest BCUT2D eigenvalue weighted by atomic mass is 10.1. The van der Waals surface area contributed by atoms with Crippen molar-refractivity contribution in [2.24, 2.45) is 10.2 Å². The second-order valence-corrected chi connectivity index (χ2v) is 5.92. The molecule has 1 heterocycles. The van der Waals surface area contributed by atoms with Crippen molar-refractivity contribution in [2.75, 3.05) is 31.1 Å². The van der Waals surface area contributed by atoms with Gasteiger partial charge in [0, 0.05) is 38.1 Å². The molecule has 0 bridgehead atoms. The van der Waals surface area contributed by atoms with Crippen molar-refractivity contribution in [1.29, 1.82) is 0 Å². The van der Waals surface area contributed by atoms with Crippen LogP contribution in [0.25, 0.3) is 0 Å². The number of hydrogen-bond acceptors (Lipinski definition) is 4. The summed E-state index contributed by atoms with van der Waals surface area (Å²) >= 11 is 0. The third-order valence-corrected chi connectivity index (χ3v) is 4.13. The summed E-state index contributed by atoms with van der Waals surface area (Å²) in [6.45, 7) is 2.74. The zero-order valence-corrected chi connectivity index (χ0v) is 14.1. The zero-order chi connectivity index (χ0) is 18.4. The highest BCUT2D eigenvalue weighted by atomic mass is 19.4. The Morgan fingerprint density at radius 1 is 0.885 bits per heavy atom. The zero-order valence-electron chi connectivity index (χ0n) is 14.1. The van der Waals surface area contributed by atoms with Crippen LogP contribution < -0.4 is 4.90 Å². The fourth-order valence-corrected chi connectivity index (χ4v) is 2.73. The van der Waals surface area contributed by atoms with Crippen LogP contribution in [0, 0.1) is 0 Å². The smallest absolute Gasteiger partial charge is 0.373 e. The van der Waals surface area contributed by atoms with Gasteiger partial charge in [-0.3, -0.25) is 0 Å². The van der Waals surface area contributed by atoms with Crippen molar-refractivity contribution < 1.29 is 13.2 Å². The Labute approximate surface area is 150 Å². The first kappa shape index (κ1) is 18.0. The van der Waals surface area contributed by atoms with Crippen LogP contribution in [0.4, 0.5) is 24.5 Å². The summed E-state index contributed by atoms with van der Waals surface area (Å²) in [6, 6.07) is 14.9. The summed E-state index contributed by atoms with van der Waals surface area (Å²) < 4.78 is 38.5. The average Bonchev–Trinajstić information content (AvgIpc) is 2.66. The van der Waals surface area contributed by atoms with E-state index in [1.807, 2.05) is 41.4 Å². The molecule has 0 N–H and O–H groups in total. The van der Waals surface area contributed by atoms with Gasteiger partial charge in [0.1, 0.15) is 0 Å². The molecule has 0 amide bonds. The van der Waals surface area contributed by atoms with E-state index in [0.717, 1.165) is 11.8 Å². The molecular weight excluding hydrogens is 341 g/mol. The van der Waals surface area contributed by atoms with E-state index in [-0.39, 0.29) is 0 Å². The molecule has 1 saturated heterocycles. The number of halogens is 3. The predicted molar refractivity (Wildman–Crippen MR) is 95.3 cm³/mol. The number of hydrogen-bond donors (Lipinski definition) is 0. The molecule has 0 atom stereocenters. The summed E-state index contributed by atoms with van der Waals surface area (Å²) in [4.78, 5) is 4.04. The van der Waals surface area contributed by atoms with Gasteiger partial charge < -0.3 is 9.80 Å². The topological polar surface area (TPSA) is 31.2 Å². The highest BCUT2D eigenvalue weighted by molar-refractivity contribution is 5.49. The fourth-order valence-electron chi connectivity index (χ4n) is 2.73. The number of anilines is 1. The van der Waals surface area contributed by atoms with Gasteiger partial charge in [-0.05, 0) is 30.3 Å². The predicted octanol–water partition coefficient (Wildman–Crippen LogP) is 5.08. The molecule has 0 aliphatic carbocycles. The molecule has 0 radical (unpaired) electrons. The van der Waals surface area contributed by atoms with Gasteiger partial charge in [0.05, 0.1) is 17.5 Å². The summed E-state index contributed by atoms with van der Waals surface area (Å²) in [5, 5.41) is 8.10. The van der Waals surface area contributed by atoms with Crippen molar-refractivity contribution in [3.05, 3.63) is 72.6 Å². The molecule has 0 spiro atoms. The highest BCUT2D eigenvalue weighted by Crippen LogP contribution is 2.31. The summed E-state index contributed by atoms with van der Waals surface area (Å²) in [6.07, 6.45) is -0.826. The van der Waals surface area contributed by atoms with Gasteiger partial charge in [-0.2, -0.15) is 23.4 Å². The third kappa shape index (κ3) is 4.84. The minimum Gasteiger partial charge on any atom is -0.373 e. The van der Waals surface area contributed by atoms with Crippen LogP contribution in [0.3, 0.4) is 0 Å². The van der Waals surface area contributed by atoms with Gasteiger partial charge in [-0.25, -0.2) is 0 Å². The number of nitrogens with zero attached hydrogens (tertiary/aromatic N) is 4. The Hall–Kier alpha value is -2.83. The van der Waals surface area contributed by atoms with Crippen molar-refractivity contribution in [2.45, 2.75) is 6.18 Å². The number of azo groups is 1. The largest absolute Gasteiger partial charge is 0.416 e. The van der Waals surface area contributed by atoms with Gasteiger partial charge in [0.15, 0.2) is 0 Å². The molecule has 1 fully saturated rings. The minimum absolute atomic E-state index is 0.604. The molecule has 7 heteroatoms. The highest BCUT2D eigenvalue weighted by Gasteiger charge is 2.31. The SMILES string of the molecule is FC(F)(F)c1cccc(N2CCN(/C=C/N=Nc3ccccc3)CC2)c1. The first-order valence-electron chi connectivity index (χ1n) is 8.31. The molecule has 2 aromatic rings. The van der Waals surface area contributed by atoms with Gasteiger partial charge in [-0.15, -0.1) is 0 Å². The van der Waals surface area contributed by atoms with Crippen LogP contribution in [-0.4, -0.2) is 31.1 Å². The minimum atomic E-state index is -4.32. The molecule has 4 nitrogen and oxygen atoms in total. The van der Waals surface area contributed by atoms with E-state index < -0.39 is 11.7 Å². The average molecular weight is 360 g/mol. The van der Waals surface area contributed by atoms with E-state index in [4.69, 9.17) is 0 Å². The monoisotopic (exact) mass is 360 g/mol. The summed E-state index contributed by atoms with van der Waals surface area (Å²) in [5.41, 5.74) is 0.775. The van der Waals surface area contributed by atoms with Crippen molar-refractivity contribution in [3.63, 3.8) is 0 Å². The van der Waals surface area contributed by atoms with Crippen LogP contribution in [0.15, 0.2) is 77.2 Å². The van der Waals surface area contributed by atoms with Gasteiger partial charge in [-0.1, -0.05) is 24.3 Å². The van der Waals surface area contributed by atoms with Gasteiger partial charge >= 0.3 is 6.18 Å². The van der Waals surface area contributed by atoms with E-state index >= 15 is 0 Å². The number of benzene rings is 2. The number of piperazine rings is 1. The maximum Gasteiger partial charge on any atom is 0.416 e. The molecule has 0 unspecified atom stereocenters. The van der Waals surface area contributed by atoms with E-state index in [2.05, 4.69) is 15.1 Å². The van der Waals surface area contributed by atoms with E-state index in [0.29, 0.717) is 31.9 Å². The van der Waals surface area contributed by atoms with Crippen molar-refractivity contribution in [3.8, 4) is 0 Å². The van der Waals surface area contributed by atoms with Crippen LogP contribution in [0.1, 0.15) is 5.56 Å². The van der Waals surface area contributed by atoms with Crippen molar-refractivity contribution >= 4 is 11.4 Å². The molecule has 26 heavy (non-hydrogen) atoms. The molecule has 2 aromatic carbocycles. The summed E-state index contributed by atoms with van der Waals surface area (Å²) in [5.74, 6) is 0. The standard InChI is InChI=1S/C19H19F3N4/c20-19(21,22)16-5-4-8-18(15-16)26-13-11-25(12-14-26)10-9-23-24-17-6-2-1-3-7-17/h1-10,15H,11-14H2/b10-9+,24-23?. The Morgan fingerprint density at radius 2 is 1.62 bits per heavy atom. The molecule has 3 rings (SSSR count).